The van der Waals surface area contributed by atoms with Gasteiger partial charge in [-0.25, -0.2) is 0 Å². The van der Waals surface area contributed by atoms with E-state index in [1.54, 1.807) is 20.3 Å². The number of hydrogen-bond donors (Lipinski definition) is 2. The first-order chi connectivity index (χ1) is 4.46. The molecule has 0 bridgehead atoms. The van der Waals surface area contributed by atoms with Crippen LogP contribution in [-0.4, -0.2) is 20.6 Å². The molecule has 0 aliphatic rings. The molecule has 10 heteroatoms. The Labute approximate surface area is 74.0 Å². The van der Waals surface area contributed by atoms with Crippen LogP contribution >= 0.6 is 20.3 Å². The summed E-state index contributed by atoms with van der Waals surface area (Å²) in [4.78, 5) is 16.7. The first kappa shape index (κ1) is 16.3. The summed E-state index contributed by atoms with van der Waals surface area (Å²) in [5.74, 6) is 0. The molecular formula is H2CuIN2O6. The van der Waals surface area contributed by atoms with E-state index in [0.717, 1.165) is 0 Å². The number of halogens is 1. The normalized spacial score (nSPS) is 5.50. The zero-order chi connectivity index (χ0) is 9.15. The van der Waals surface area contributed by atoms with Gasteiger partial charge in [0.2, 0.25) is 0 Å². The van der Waals surface area contributed by atoms with Crippen LogP contribution in [0.3, 0.4) is 0 Å². The van der Waals surface area contributed by atoms with E-state index in [0.29, 0.717) is 0 Å². The molecule has 66 valence electrons. The summed E-state index contributed by atoms with van der Waals surface area (Å²) < 4.78 is 0. The fraction of sp³-hybridized carbons (Fsp3) is 0. The number of rotatable bonds is 0. The van der Waals surface area contributed by atoms with Gasteiger partial charge < -0.3 is 10.4 Å². The molecule has 0 amide bonds. The first-order valence-electron chi connectivity index (χ1n) is 1.24. The van der Waals surface area contributed by atoms with Crippen molar-refractivity contribution in [3.63, 3.8) is 0 Å². The third kappa shape index (κ3) is 2750. The Morgan fingerprint density at radius 2 is 1.10 bits per heavy atom. The quantitative estimate of drug-likeness (QED) is 0.284. The van der Waals surface area contributed by atoms with Crippen molar-refractivity contribution in [2.24, 2.45) is 0 Å². The fourth-order valence-corrected chi connectivity index (χ4v) is 0. The van der Waals surface area contributed by atoms with Gasteiger partial charge in [0.15, 0.2) is 0 Å². The molecule has 0 rings (SSSR count). The van der Waals surface area contributed by atoms with Crippen molar-refractivity contribution in [1.82, 2.24) is 0 Å². The second-order valence-corrected chi connectivity index (χ2v) is 0.476. The van der Waals surface area contributed by atoms with Gasteiger partial charge in [-0.3, -0.25) is 0 Å². The van der Waals surface area contributed by atoms with Crippen LogP contribution in [-0.2, 0) is 12.8 Å². The predicted molar refractivity (Wildman–Crippen MR) is 31.6 cm³/mol. The van der Waals surface area contributed by atoms with E-state index >= 15 is 0 Å². The summed E-state index contributed by atoms with van der Waals surface area (Å²) in [6, 6.07) is 0. The molecule has 0 heterocycles. The van der Waals surface area contributed by atoms with Gasteiger partial charge in [-0.1, -0.05) is 0 Å². The summed E-state index contributed by atoms with van der Waals surface area (Å²) in [6.07, 6.45) is 0. The van der Waals surface area contributed by atoms with Gasteiger partial charge in [-0.2, -0.15) is 0 Å². The predicted octanol–water partition coefficient (Wildman–Crippen LogP) is 0.188. The maximum absolute atomic E-state index is 8.36. The van der Waals surface area contributed by atoms with Gasteiger partial charge in [-0.05, 0) is 0 Å². The molecule has 0 aromatic rings. The van der Waals surface area contributed by atoms with Crippen LogP contribution in [0.1, 0.15) is 0 Å². The Morgan fingerprint density at radius 3 is 1.10 bits per heavy atom. The summed E-state index contributed by atoms with van der Waals surface area (Å²) in [7, 11) is 0. The van der Waals surface area contributed by atoms with Crippen LogP contribution in [0.25, 0.3) is 0 Å². The molecule has 0 aromatic carbocycles. The average molecular weight is 316 g/mol. The number of hydrogen-bond acceptors (Lipinski definition) is 4. The van der Waals surface area contributed by atoms with Crippen molar-refractivity contribution in [3.05, 3.63) is 20.2 Å². The Bertz CT molecular complexity index is 73.7. The van der Waals surface area contributed by atoms with Gasteiger partial charge in [0, 0.05) is 0 Å². The number of nitrogens with zero attached hydrogens (tertiary/aromatic N) is 2. The molecule has 0 atom stereocenters. The second kappa shape index (κ2) is 15.9. The Morgan fingerprint density at radius 1 is 1.10 bits per heavy atom. The van der Waals surface area contributed by atoms with Gasteiger partial charge >= 0.3 is 33.1 Å². The van der Waals surface area contributed by atoms with Crippen molar-refractivity contribution < 1.29 is 33.4 Å². The molecule has 10 heavy (non-hydrogen) atoms. The molecule has 0 saturated carbocycles. The Balaban J connectivity index is -0.0000000787. The molecule has 0 radical (unpaired) electrons. The molecule has 0 aliphatic heterocycles. The molecule has 2 N–H and O–H groups in total. The second-order valence-electron chi connectivity index (χ2n) is 0.476. The molecule has 0 unspecified atom stereocenters. The summed E-state index contributed by atoms with van der Waals surface area (Å²) >= 11 is 5.87. The Kier molecular flexibility index (Phi) is 25.9. The van der Waals surface area contributed by atoms with E-state index < -0.39 is 10.2 Å². The van der Waals surface area contributed by atoms with Crippen LogP contribution < -0.4 is 0 Å². The van der Waals surface area contributed by atoms with E-state index in [4.69, 9.17) is 30.6 Å². The molecule has 0 saturated heterocycles. The minimum atomic E-state index is -1.50. The third-order valence-electron chi connectivity index (χ3n) is 0. The van der Waals surface area contributed by atoms with Gasteiger partial charge in [-0.15, -0.1) is 20.2 Å². The zero-order valence-electron chi connectivity index (χ0n) is 4.10. The van der Waals surface area contributed by atoms with Crippen molar-refractivity contribution in [3.8, 4) is 0 Å². The molecule has 8 nitrogen and oxygen atoms in total. The van der Waals surface area contributed by atoms with Crippen molar-refractivity contribution in [1.29, 1.82) is 0 Å². The molecular weight excluding hydrogens is 314 g/mol. The van der Waals surface area contributed by atoms with Gasteiger partial charge in [0.25, 0.3) is 10.2 Å². The van der Waals surface area contributed by atoms with Crippen molar-refractivity contribution >= 4 is 20.3 Å². The van der Waals surface area contributed by atoms with Crippen LogP contribution in [0.4, 0.5) is 0 Å². The van der Waals surface area contributed by atoms with Crippen LogP contribution in [0.15, 0.2) is 0 Å². The summed E-state index contributed by atoms with van der Waals surface area (Å²) in [6.45, 7) is 0. The molecule has 0 aliphatic carbocycles. The SMILES string of the molecule is O=[N+]([O-])O.O=[N+]([O-])O.[Cu][I]. The average Bonchev–Trinajstić information content (AvgIpc) is 1.66. The van der Waals surface area contributed by atoms with E-state index in [1.807, 2.05) is 0 Å². The van der Waals surface area contributed by atoms with Crippen molar-refractivity contribution in [2.45, 2.75) is 0 Å². The minimum absolute atomic E-state index is 1.50. The van der Waals surface area contributed by atoms with E-state index in [1.165, 1.54) is 0 Å². The monoisotopic (exact) mass is 316 g/mol. The standard InChI is InChI=1S/Cu.HI.2HNO3/c;;2*2-1(3)4/h;1H;2*(H,2,3,4)/q+1;;;/p-1. The molecule has 0 spiro atoms. The van der Waals surface area contributed by atoms with E-state index in [-0.39, 0.29) is 0 Å². The van der Waals surface area contributed by atoms with Gasteiger partial charge in [0.05, 0.1) is 0 Å². The van der Waals surface area contributed by atoms with Crippen LogP contribution in [0, 0.1) is 20.2 Å². The van der Waals surface area contributed by atoms with E-state index in [9.17, 15) is 0 Å². The Hall–Kier alpha value is -0.351. The third-order valence-corrected chi connectivity index (χ3v) is 0. The molecule has 0 fully saturated rings. The maximum atomic E-state index is 8.36. The summed E-state index contributed by atoms with van der Waals surface area (Å²) in [5, 5.41) is 27.3. The topological polar surface area (TPSA) is 127 Å². The first-order valence-corrected chi connectivity index (χ1v) is 4.28. The molecule has 0 aromatic heterocycles. The van der Waals surface area contributed by atoms with Gasteiger partial charge in [0.1, 0.15) is 0 Å². The van der Waals surface area contributed by atoms with Crippen LogP contribution in [0.2, 0.25) is 0 Å². The summed E-state index contributed by atoms with van der Waals surface area (Å²) in [5.41, 5.74) is 0. The fourth-order valence-electron chi connectivity index (χ4n) is 0. The van der Waals surface area contributed by atoms with Crippen LogP contribution in [0.5, 0.6) is 0 Å². The van der Waals surface area contributed by atoms with E-state index in [2.05, 4.69) is 12.8 Å². The van der Waals surface area contributed by atoms with Crippen molar-refractivity contribution in [2.75, 3.05) is 0 Å². The zero-order valence-corrected chi connectivity index (χ0v) is 7.20.